The standard InChI is InChI=1S/C25H20BrN3O2S2/c1-30-17-9-11-19(12-10-17)31-18-7-5-16(6-8-18)29-24(21-13-14-22(26)33-21)23(28-25(29)32)20-4-2-3-15-27-20/h2-15,23-24H,1H3,(H,28,32)/t23-,24+/m1/s1. The highest BCUT2D eigenvalue weighted by atomic mass is 79.9. The lowest BCUT2D eigenvalue weighted by Crippen LogP contribution is -2.28. The molecular weight excluding hydrogens is 518 g/mol. The number of ether oxygens (including phenoxy) is 2. The molecule has 5 nitrogen and oxygen atoms in total. The van der Waals surface area contributed by atoms with E-state index in [2.05, 4.69) is 43.3 Å². The number of thiocarbonyl (C=S) groups is 1. The van der Waals surface area contributed by atoms with Crippen molar-refractivity contribution < 1.29 is 9.47 Å². The molecule has 1 aliphatic heterocycles. The number of aromatic nitrogens is 1. The zero-order valence-electron chi connectivity index (χ0n) is 17.6. The second kappa shape index (κ2) is 9.51. The minimum Gasteiger partial charge on any atom is -0.497 e. The average Bonchev–Trinajstić information content (AvgIpc) is 3.43. The maximum absolute atomic E-state index is 5.99. The lowest BCUT2D eigenvalue weighted by molar-refractivity contribution is 0.413. The van der Waals surface area contributed by atoms with Gasteiger partial charge in [0.15, 0.2) is 5.11 Å². The fourth-order valence-corrected chi connectivity index (χ4v) is 5.76. The van der Waals surface area contributed by atoms with Crippen LogP contribution in [0.5, 0.6) is 17.2 Å². The van der Waals surface area contributed by atoms with Gasteiger partial charge in [0, 0.05) is 16.8 Å². The molecular formula is C25H20BrN3O2S2. The molecule has 0 spiro atoms. The number of nitrogens with one attached hydrogen (secondary N) is 1. The maximum Gasteiger partial charge on any atom is 0.174 e. The Morgan fingerprint density at radius 3 is 2.24 bits per heavy atom. The molecule has 1 saturated heterocycles. The third-order valence-electron chi connectivity index (χ3n) is 5.39. The maximum atomic E-state index is 5.99. The Bertz CT molecular complexity index is 1250. The Morgan fingerprint density at radius 1 is 0.939 bits per heavy atom. The van der Waals surface area contributed by atoms with E-state index in [0.29, 0.717) is 5.11 Å². The third kappa shape index (κ3) is 4.59. The monoisotopic (exact) mass is 537 g/mol. The minimum atomic E-state index is -0.0560. The SMILES string of the molecule is COc1ccc(Oc2ccc(N3C(=S)N[C@H](c4ccccn4)[C@@H]3c3ccc(Br)s3)cc2)cc1. The molecule has 5 rings (SSSR count). The van der Waals surface area contributed by atoms with Crippen molar-refractivity contribution in [2.75, 3.05) is 12.0 Å². The van der Waals surface area contributed by atoms with E-state index in [9.17, 15) is 0 Å². The number of nitrogens with zero attached hydrogens (tertiary/aromatic N) is 2. The zero-order valence-corrected chi connectivity index (χ0v) is 20.9. The van der Waals surface area contributed by atoms with Crippen molar-refractivity contribution in [1.29, 1.82) is 0 Å². The molecule has 1 aliphatic rings. The zero-order chi connectivity index (χ0) is 22.8. The van der Waals surface area contributed by atoms with Crippen molar-refractivity contribution in [2.24, 2.45) is 0 Å². The van der Waals surface area contributed by atoms with E-state index >= 15 is 0 Å². The molecule has 2 aromatic carbocycles. The van der Waals surface area contributed by atoms with E-state index < -0.39 is 0 Å². The van der Waals surface area contributed by atoms with Crippen LogP contribution in [-0.2, 0) is 0 Å². The highest BCUT2D eigenvalue weighted by Crippen LogP contribution is 2.44. The molecule has 8 heteroatoms. The third-order valence-corrected chi connectivity index (χ3v) is 7.40. The highest BCUT2D eigenvalue weighted by molar-refractivity contribution is 9.11. The first kappa shape index (κ1) is 21.9. The second-order valence-corrected chi connectivity index (χ2v) is 10.3. The number of hydrogen-bond donors (Lipinski definition) is 1. The Labute approximate surface area is 210 Å². The van der Waals surface area contributed by atoms with Crippen molar-refractivity contribution in [3.05, 3.63) is 99.4 Å². The van der Waals surface area contributed by atoms with Crippen LogP contribution in [0.1, 0.15) is 22.7 Å². The molecule has 1 N–H and O–H groups in total. The van der Waals surface area contributed by atoms with Gasteiger partial charge in [-0.25, -0.2) is 0 Å². The molecule has 0 aliphatic carbocycles. The predicted octanol–water partition coefficient (Wildman–Crippen LogP) is 6.88. The number of methoxy groups -OCH3 is 1. The van der Waals surface area contributed by atoms with Crippen molar-refractivity contribution >= 4 is 50.3 Å². The van der Waals surface area contributed by atoms with Gasteiger partial charge in [0.1, 0.15) is 17.2 Å². The molecule has 166 valence electrons. The first-order valence-electron chi connectivity index (χ1n) is 10.3. The number of thiophene rings is 1. The topological polar surface area (TPSA) is 46.6 Å². The normalized spacial score (nSPS) is 17.6. The molecule has 0 saturated carbocycles. The number of rotatable bonds is 6. The van der Waals surface area contributed by atoms with E-state index in [-0.39, 0.29) is 12.1 Å². The van der Waals surface area contributed by atoms with Crippen LogP contribution in [0.15, 0.2) is 88.8 Å². The largest absolute Gasteiger partial charge is 0.497 e. The van der Waals surface area contributed by atoms with Crippen LogP contribution in [0.3, 0.4) is 0 Å². The van der Waals surface area contributed by atoms with E-state index in [0.717, 1.165) is 32.4 Å². The van der Waals surface area contributed by atoms with Crippen LogP contribution in [0.4, 0.5) is 5.69 Å². The lowest BCUT2D eigenvalue weighted by atomic mass is 10.0. The average molecular weight is 538 g/mol. The lowest BCUT2D eigenvalue weighted by Gasteiger charge is -2.27. The van der Waals surface area contributed by atoms with Crippen molar-refractivity contribution in [3.8, 4) is 17.2 Å². The quantitative estimate of drug-likeness (QED) is 0.270. The van der Waals surface area contributed by atoms with Gasteiger partial charge in [-0.2, -0.15) is 0 Å². The van der Waals surface area contributed by atoms with Gasteiger partial charge in [-0.3, -0.25) is 4.98 Å². The smallest absolute Gasteiger partial charge is 0.174 e. The van der Waals surface area contributed by atoms with Crippen LogP contribution in [-0.4, -0.2) is 17.2 Å². The molecule has 4 aromatic rings. The van der Waals surface area contributed by atoms with Crippen LogP contribution in [0, 0.1) is 0 Å². The molecule has 0 radical (unpaired) electrons. The first-order valence-corrected chi connectivity index (χ1v) is 12.3. The number of benzene rings is 2. The Balaban J connectivity index is 1.44. The predicted molar refractivity (Wildman–Crippen MR) is 139 cm³/mol. The fourth-order valence-electron chi connectivity index (χ4n) is 3.86. The molecule has 33 heavy (non-hydrogen) atoms. The van der Waals surface area contributed by atoms with Crippen molar-refractivity contribution in [1.82, 2.24) is 10.3 Å². The Morgan fingerprint density at radius 2 is 1.64 bits per heavy atom. The summed E-state index contributed by atoms with van der Waals surface area (Å²) in [6.07, 6.45) is 1.81. The van der Waals surface area contributed by atoms with Gasteiger partial charge in [0.2, 0.25) is 0 Å². The summed E-state index contributed by atoms with van der Waals surface area (Å²) >= 11 is 11.1. The minimum absolute atomic E-state index is 0.0166. The number of hydrogen-bond acceptors (Lipinski definition) is 5. The van der Waals surface area contributed by atoms with Gasteiger partial charge in [-0.05, 0) is 101 Å². The van der Waals surface area contributed by atoms with Crippen molar-refractivity contribution in [3.63, 3.8) is 0 Å². The van der Waals surface area contributed by atoms with Gasteiger partial charge in [-0.15, -0.1) is 11.3 Å². The molecule has 2 atom stereocenters. The summed E-state index contributed by atoms with van der Waals surface area (Å²) in [7, 11) is 1.65. The number of halogens is 1. The van der Waals surface area contributed by atoms with Gasteiger partial charge in [0.05, 0.1) is 28.7 Å². The molecule has 1 fully saturated rings. The first-order chi connectivity index (χ1) is 16.1. The van der Waals surface area contributed by atoms with Gasteiger partial charge in [-0.1, -0.05) is 6.07 Å². The van der Waals surface area contributed by atoms with Crippen LogP contribution in [0.2, 0.25) is 0 Å². The summed E-state index contributed by atoms with van der Waals surface area (Å²) in [6, 6.07) is 25.6. The number of anilines is 1. The summed E-state index contributed by atoms with van der Waals surface area (Å²) in [4.78, 5) is 7.95. The summed E-state index contributed by atoms with van der Waals surface area (Å²) in [5.41, 5.74) is 1.94. The molecule has 0 bridgehead atoms. The summed E-state index contributed by atoms with van der Waals surface area (Å²) in [5, 5.41) is 4.16. The fraction of sp³-hybridized carbons (Fsp3) is 0.120. The van der Waals surface area contributed by atoms with Crippen molar-refractivity contribution in [2.45, 2.75) is 12.1 Å². The van der Waals surface area contributed by atoms with E-state index in [1.165, 1.54) is 4.88 Å². The molecule has 0 amide bonds. The van der Waals surface area contributed by atoms with E-state index in [1.807, 2.05) is 72.9 Å². The molecule has 3 heterocycles. The summed E-state index contributed by atoms with van der Waals surface area (Å²) in [5.74, 6) is 2.29. The summed E-state index contributed by atoms with van der Waals surface area (Å²) < 4.78 is 12.3. The van der Waals surface area contributed by atoms with Crippen LogP contribution in [0.25, 0.3) is 0 Å². The van der Waals surface area contributed by atoms with Crippen LogP contribution >= 0.6 is 39.5 Å². The van der Waals surface area contributed by atoms with Gasteiger partial charge in [0.25, 0.3) is 0 Å². The molecule has 0 unspecified atom stereocenters. The van der Waals surface area contributed by atoms with E-state index in [4.69, 9.17) is 21.7 Å². The second-order valence-electron chi connectivity index (χ2n) is 7.41. The number of pyridine rings is 1. The molecule has 2 aromatic heterocycles. The summed E-state index contributed by atoms with van der Waals surface area (Å²) in [6.45, 7) is 0. The Hall–Kier alpha value is -2.94. The van der Waals surface area contributed by atoms with E-state index in [1.54, 1.807) is 18.4 Å². The van der Waals surface area contributed by atoms with Gasteiger partial charge < -0.3 is 19.7 Å². The highest BCUT2D eigenvalue weighted by Gasteiger charge is 2.41. The van der Waals surface area contributed by atoms with Gasteiger partial charge >= 0.3 is 0 Å². The van der Waals surface area contributed by atoms with Crippen LogP contribution < -0.4 is 19.7 Å². The Kier molecular flexibility index (Phi) is 6.30.